The minimum Gasteiger partial charge on any atom is -0.496 e. The molecule has 0 aliphatic rings. The molecule has 7 heteroatoms. The Morgan fingerprint density at radius 1 is 1.16 bits per heavy atom. The second-order valence-corrected chi connectivity index (χ2v) is 5.95. The van der Waals surface area contributed by atoms with Crippen LogP contribution in [0.2, 0.25) is 0 Å². The second kappa shape index (κ2) is 13.2. The molecule has 0 radical (unpaired) electrons. The molecule has 0 saturated carbocycles. The van der Waals surface area contributed by atoms with E-state index in [1.54, 1.807) is 14.2 Å². The summed E-state index contributed by atoms with van der Waals surface area (Å²) in [7, 11) is 3.36. The van der Waals surface area contributed by atoms with E-state index in [9.17, 15) is 0 Å². The van der Waals surface area contributed by atoms with Crippen LogP contribution in [0, 0.1) is 0 Å². The van der Waals surface area contributed by atoms with E-state index in [1.807, 2.05) is 45.0 Å². The number of rotatable bonds is 10. The lowest BCUT2D eigenvalue weighted by atomic mass is 10.1. The van der Waals surface area contributed by atoms with Gasteiger partial charge in [0.05, 0.1) is 32.5 Å². The van der Waals surface area contributed by atoms with Crippen LogP contribution in [-0.4, -0.2) is 52.0 Å². The molecule has 1 aromatic rings. The summed E-state index contributed by atoms with van der Waals surface area (Å²) in [6, 6.07) is 7.87. The summed E-state index contributed by atoms with van der Waals surface area (Å²) in [6.45, 7) is 9.23. The molecule has 0 saturated heterocycles. The number of ether oxygens (including phenoxy) is 3. The van der Waals surface area contributed by atoms with Gasteiger partial charge >= 0.3 is 0 Å². The molecular formula is C18H32IN3O3. The molecule has 0 amide bonds. The summed E-state index contributed by atoms with van der Waals surface area (Å²) in [6.07, 6.45) is 0. The zero-order chi connectivity index (χ0) is 17.8. The van der Waals surface area contributed by atoms with Crippen LogP contribution < -0.4 is 15.4 Å². The average Bonchev–Trinajstić information content (AvgIpc) is 2.59. The number of nitrogens with one attached hydrogen (secondary N) is 2. The average molecular weight is 465 g/mol. The van der Waals surface area contributed by atoms with Gasteiger partial charge in [-0.1, -0.05) is 18.2 Å². The molecule has 0 fully saturated rings. The molecule has 0 atom stereocenters. The van der Waals surface area contributed by atoms with Gasteiger partial charge in [0.1, 0.15) is 5.75 Å². The van der Waals surface area contributed by atoms with E-state index in [2.05, 4.69) is 15.6 Å². The summed E-state index contributed by atoms with van der Waals surface area (Å²) in [5.74, 6) is 1.62. The van der Waals surface area contributed by atoms with Gasteiger partial charge in [-0.15, -0.1) is 24.0 Å². The Morgan fingerprint density at radius 3 is 2.52 bits per heavy atom. The van der Waals surface area contributed by atoms with Crippen molar-refractivity contribution in [2.75, 3.05) is 40.5 Å². The van der Waals surface area contributed by atoms with Gasteiger partial charge in [-0.2, -0.15) is 0 Å². The van der Waals surface area contributed by atoms with E-state index in [0.717, 1.165) is 23.8 Å². The summed E-state index contributed by atoms with van der Waals surface area (Å²) in [4.78, 5) is 4.53. The van der Waals surface area contributed by atoms with Gasteiger partial charge in [-0.25, -0.2) is 0 Å². The SMILES string of the molecule is CCNC(=NCC(C)(C)OC)NCCOCc1ccccc1OC.I. The standard InChI is InChI=1S/C18H31N3O3.HI/c1-6-19-17(21-14-18(2,3)23-5)20-11-12-24-13-15-9-7-8-10-16(15)22-4;/h7-10H,6,11-14H2,1-5H3,(H2,19,20,21);1H. The molecular weight excluding hydrogens is 433 g/mol. The number of nitrogens with zero attached hydrogens (tertiary/aromatic N) is 1. The zero-order valence-corrected chi connectivity index (χ0v) is 18.3. The molecule has 0 heterocycles. The van der Waals surface area contributed by atoms with E-state index in [1.165, 1.54) is 0 Å². The lowest BCUT2D eigenvalue weighted by molar-refractivity contribution is 0.0310. The van der Waals surface area contributed by atoms with Crippen molar-refractivity contribution in [1.82, 2.24) is 10.6 Å². The van der Waals surface area contributed by atoms with Crippen LogP contribution in [0.1, 0.15) is 26.3 Å². The highest BCUT2D eigenvalue weighted by atomic mass is 127. The van der Waals surface area contributed by atoms with Crippen LogP contribution in [-0.2, 0) is 16.1 Å². The van der Waals surface area contributed by atoms with Crippen LogP contribution in [0.15, 0.2) is 29.3 Å². The Hall–Kier alpha value is -1.06. The van der Waals surface area contributed by atoms with Crippen LogP contribution >= 0.6 is 24.0 Å². The van der Waals surface area contributed by atoms with Crippen molar-refractivity contribution < 1.29 is 14.2 Å². The van der Waals surface area contributed by atoms with Crippen molar-refractivity contribution in [2.45, 2.75) is 33.0 Å². The zero-order valence-electron chi connectivity index (χ0n) is 15.9. The highest BCUT2D eigenvalue weighted by Gasteiger charge is 2.15. The molecule has 144 valence electrons. The second-order valence-electron chi connectivity index (χ2n) is 5.95. The molecule has 0 bridgehead atoms. The highest BCUT2D eigenvalue weighted by molar-refractivity contribution is 14.0. The largest absolute Gasteiger partial charge is 0.496 e. The van der Waals surface area contributed by atoms with Gasteiger partial charge in [0.25, 0.3) is 0 Å². The van der Waals surface area contributed by atoms with Gasteiger partial charge in [0, 0.05) is 25.8 Å². The molecule has 2 N–H and O–H groups in total. The number of benzene rings is 1. The minimum absolute atomic E-state index is 0. The number of halogens is 1. The van der Waals surface area contributed by atoms with Crippen molar-refractivity contribution in [1.29, 1.82) is 0 Å². The molecule has 0 spiro atoms. The van der Waals surface area contributed by atoms with Crippen molar-refractivity contribution >= 4 is 29.9 Å². The summed E-state index contributed by atoms with van der Waals surface area (Å²) in [5, 5.41) is 6.47. The van der Waals surface area contributed by atoms with Crippen molar-refractivity contribution in [3.63, 3.8) is 0 Å². The first kappa shape index (κ1) is 23.9. The molecule has 6 nitrogen and oxygen atoms in total. The van der Waals surface area contributed by atoms with Crippen LogP contribution in [0.5, 0.6) is 5.75 Å². The van der Waals surface area contributed by atoms with E-state index in [0.29, 0.717) is 26.3 Å². The molecule has 0 unspecified atom stereocenters. The maximum absolute atomic E-state index is 5.71. The van der Waals surface area contributed by atoms with Gasteiger partial charge in [-0.3, -0.25) is 4.99 Å². The fourth-order valence-electron chi connectivity index (χ4n) is 1.92. The first-order valence-electron chi connectivity index (χ1n) is 8.29. The normalized spacial score (nSPS) is 11.6. The highest BCUT2D eigenvalue weighted by Crippen LogP contribution is 2.17. The molecule has 1 aromatic carbocycles. The Morgan fingerprint density at radius 2 is 1.88 bits per heavy atom. The summed E-state index contributed by atoms with van der Waals surface area (Å²) >= 11 is 0. The third kappa shape index (κ3) is 9.86. The number of para-hydroxylation sites is 1. The topological polar surface area (TPSA) is 64.1 Å². The van der Waals surface area contributed by atoms with E-state index in [4.69, 9.17) is 14.2 Å². The Bertz CT molecular complexity index is 510. The van der Waals surface area contributed by atoms with Gasteiger partial charge in [-0.05, 0) is 26.8 Å². The van der Waals surface area contributed by atoms with Gasteiger partial charge < -0.3 is 24.8 Å². The van der Waals surface area contributed by atoms with Crippen molar-refractivity contribution in [3.05, 3.63) is 29.8 Å². The quantitative estimate of drug-likeness (QED) is 0.241. The number of methoxy groups -OCH3 is 2. The van der Waals surface area contributed by atoms with Crippen molar-refractivity contribution in [2.24, 2.45) is 4.99 Å². The lowest BCUT2D eigenvalue weighted by Crippen LogP contribution is -2.40. The fourth-order valence-corrected chi connectivity index (χ4v) is 1.92. The number of hydrogen-bond acceptors (Lipinski definition) is 4. The van der Waals surface area contributed by atoms with E-state index in [-0.39, 0.29) is 29.6 Å². The van der Waals surface area contributed by atoms with Crippen LogP contribution in [0.25, 0.3) is 0 Å². The minimum atomic E-state index is -0.275. The third-order valence-electron chi connectivity index (χ3n) is 3.50. The Labute approximate surface area is 168 Å². The molecule has 0 aromatic heterocycles. The van der Waals surface area contributed by atoms with Crippen LogP contribution in [0.4, 0.5) is 0 Å². The predicted molar refractivity (Wildman–Crippen MR) is 113 cm³/mol. The van der Waals surface area contributed by atoms with E-state index >= 15 is 0 Å². The molecule has 0 aliphatic heterocycles. The Kier molecular flexibility index (Phi) is 12.6. The van der Waals surface area contributed by atoms with E-state index < -0.39 is 0 Å². The molecule has 0 aliphatic carbocycles. The maximum atomic E-state index is 5.71. The maximum Gasteiger partial charge on any atom is 0.191 e. The predicted octanol–water partition coefficient (Wildman–Crippen LogP) is 2.81. The van der Waals surface area contributed by atoms with Crippen molar-refractivity contribution in [3.8, 4) is 5.75 Å². The third-order valence-corrected chi connectivity index (χ3v) is 3.50. The molecule has 25 heavy (non-hydrogen) atoms. The fraction of sp³-hybridized carbons (Fsp3) is 0.611. The van der Waals surface area contributed by atoms with Gasteiger partial charge in [0.15, 0.2) is 5.96 Å². The summed E-state index contributed by atoms with van der Waals surface area (Å²) in [5.41, 5.74) is 0.769. The first-order chi connectivity index (χ1) is 11.5. The first-order valence-corrected chi connectivity index (χ1v) is 8.29. The molecule has 1 rings (SSSR count). The number of hydrogen-bond donors (Lipinski definition) is 2. The lowest BCUT2D eigenvalue weighted by Gasteiger charge is -2.21. The summed E-state index contributed by atoms with van der Waals surface area (Å²) < 4.78 is 16.4. The number of guanidine groups is 1. The van der Waals surface area contributed by atoms with Crippen LogP contribution in [0.3, 0.4) is 0 Å². The monoisotopic (exact) mass is 465 g/mol. The Balaban J connectivity index is 0.00000576. The number of aliphatic imine (C=N–C) groups is 1. The van der Waals surface area contributed by atoms with Gasteiger partial charge in [0.2, 0.25) is 0 Å². The smallest absolute Gasteiger partial charge is 0.191 e.